The number of rotatable bonds is 6. The van der Waals surface area contributed by atoms with Gasteiger partial charge in [0.1, 0.15) is 11.4 Å². The molecule has 1 atom stereocenters. The fraction of sp³-hybridized carbons (Fsp3) is 0.300. The van der Waals surface area contributed by atoms with Crippen LogP contribution in [0.15, 0.2) is 72.8 Å². The fourth-order valence-corrected chi connectivity index (χ4v) is 6.24. The average Bonchev–Trinajstić information content (AvgIpc) is 3.70. The Morgan fingerprint density at radius 1 is 0.946 bits per heavy atom. The third-order valence-corrected chi connectivity index (χ3v) is 8.40. The van der Waals surface area contributed by atoms with Gasteiger partial charge in [0.05, 0.1) is 9.88 Å². The Hall–Kier alpha value is -3.71. The Labute approximate surface area is 220 Å². The maximum absolute atomic E-state index is 13.9. The Morgan fingerprint density at radius 3 is 2.57 bits per heavy atom. The Balaban J connectivity index is 1.18. The van der Waals surface area contributed by atoms with Crippen molar-refractivity contribution in [3.8, 4) is 16.2 Å². The van der Waals surface area contributed by atoms with Crippen molar-refractivity contribution in [1.29, 1.82) is 0 Å². The molecule has 2 fully saturated rings. The zero-order chi connectivity index (χ0) is 25.2. The van der Waals surface area contributed by atoms with Gasteiger partial charge in [-0.15, -0.1) is 11.3 Å². The number of hydrogen-bond donors (Lipinski definition) is 1. The molecule has 4 aromatic rings. The minimum absolute atomic E-state index is 0.0454. The molecular weight excluding hydrogens is 482 g/mol. The number of nitrogens with zero attached hydrogens (tertiary/aromatic N) is 2. The van der Waals surface area contributed by atoms with Crippen molar-refractivity contribution >= 4 is 34.1 Å². The maximum Gasteiger partial charge on any atom is 0.412 e. The van der Waals surface area contributed by atoms with Crippen LogP contribution in [0.1, 0.15) is 53.5 Å². The molecule has 2 amide bonds. The molecule has 0 bridgehead atoms. The van der Waals surface area contributed by atoms with Crippen molar-refractivity contribution < 1.29 is 14.3 Å². The quantitative estimate of drug-likeness (QED) is 0.316. The van der Waals surface area contributed by atoms with E-state index in [9.17, 15) is 9.59 Å². The van der Waals surface area contributed by atoms with Gasteiger partial charge >= 0.3 is 6.09 Å². The zero-order valence-electron chi connectivity index (χ0n) is 20.6. The van der Waals surface area contributed by atoms with Crippen LogP contribution in [0.5, 0.6) is 5.75 Å². The molecule has 1 aliphatic carbocycles. The number of thiazole rings is 1. The molecular formula is C30H29N3O3S. The number of nitrogens with one attached hydrogen (secondary N) is 1. The molecule has 2 heterocycles. The lowest BCUT2D eigenvalue weighted by Gasteiger charge is -2.35. The lowest BCUT2D eigenvalue weighted by molar-refractivity contribution is 0.0607. The summed E-state index contributed by atoms with van der Waals surface area (Å²) >= 11 is 1.65. The lowest BCUT2D eigenvalue weighted by Crippen LogP contribution is -2.50. The number of likely N-dealkylation sites (tertiary alicyclic amines) is 1. The molecule has 7 heteroatoms. The fourth-order valence-electron chi connectivity index (χ4n) is 5.01. The molecule has 3 aromatic carbocycles. The molecule has 1 aromatic heterocycles. The highest BCUT2D eigenvalue weighted by molar-refractivity contribution is 7.15. The Morgan fingerprint density at radius 2 is 1.73 bits per heavy atom. The second kappa shape index (κ2) is 10.3. The number of fused-ring (bicyclic) bond motifs is 1. The normalized spacial score (nSPS) is 17.5. The van der Waals surface area contributed by atoms with Gasteiger partial charge in [-0.1, -0.05) is 66.7 Å². The first kappa shape index (κ1) is 23.7. The molecule has 188 valence electrons. The summed E-state index contributed by atoms with van der Waals surface area (Å²) in [5.41, 5.74) is 1.57. The topological polar surface area (TPSA) is 71.5 Å². The number of carbonyl (C=O) groups excluding carboxylic acids is 2. The number of benzene rings is 3. The van der Waals surface area contributed by atoms with Crippen LogP contribution in [0.25, 0.3) is 21.2 Å². The zero-order valence-corrected chi connectivity index (χ0v) is 21.4. The molecule has 0 radical (unpaired) electrons. The summed E-state index contributed by atoms with van der Waals surface area (Å²) in [5.74, 6) is 0.961. The van der Waals surface area contributed by atoms with Gasteiger partial charge in [0.25, 0.3) is 5.91 Å². The monoisotopic (exact) mass is 511 g/mol. The van der Waals surface area contributed by atoms with Crippen molar-refractivity contribution in [3.05, 3.63) is 83.5 Å². The molecule has 1 N–H and O–H groups in total. The second-order valence-electron chi connectivity index (χ2n) is 9.77. The highest BCUT2D eigenvalue weighted by Crippen LogP contribution is 2.45. The molecule has 1 saturated carbocycles. The largest absolute Gasteiger partial charge is 0.412 e. The number of ether oxygens (including phenoxy) is 1. The third kappa shape index (κ3) is 5.09. The van der Waals surface area contributed by atoms with E-state index >= 15 is 0 Å². The van der Waals surface area contributed by atoms with Crippen LogP contribution in [0.2, 0.25) is 0 Å². The number of amides is 2. The van der Waals surface area contributed by atoms with E-state index in [0.29, 0.717) is 30.5 Å². The second-order valence-corrected chi connectivity index (χ2v) is 10.8. The first-order valence-corrected chi connectivity index (χ1v) is 13.8. The third-order valence-electron chi connectivity index (χ3n) is 7.13. The SMILES string of the molecule is O=C(NC[C@@H]1CCCCN1C(=O)c1nc(C2CC2)sc1-c1ccccc1)Oc1cccc2ccccc12. The predicted octanol–water partition coefficient (Wildman–Crippen LogP) is 6.62. The lowest BCUT2D eigenvalue weighted by atomic mass is 10.0. The van der Waals surface area contributed by atoms with Crippen LogP contribution in [-0.2, 0) is 0 Å². The van der Waals surface area contributed by atoms with Gasteiger partial charge in [-0.25, -0.2) is 9.78 Å². The molecule has 0 unspecified atom stereocenters. The Kier molecular flexibility index (Phi) is 6.62. The van der Waals surface area contributed by atoms with Gasteiger partial charge in [-0.2, -0.15) is 0 Å². The van der Waals surface area contributed by atoms with Crippen molar-refractivity contribution in [2.24, 2.45) is 0 Å². The minimum atomic E-state index is -0.510. The van der Waals surface area contributed by atoms with Crippen LogP contribution in [-0.4, -0.2) is 41.0 Å². The van der Waals surface area contributed by atoms with Crippen LogP contribution in [0.4, 0.5) is 4.79 Å². The summed E-state index contributed by atoms with van der Waals surface area (Å²) in [7, 11) is 0. The smallest absolute Gasteiger partial charge is 0.410 e. The molecule has 1 aliphatic heterocycles. The van der Waals surface area contributed by atoms with Gasteiger partial charge in [0, 0.05) is 30.4 Å². The van der Waals surface area contributed by atoms with E-state index in [4.69, 9.17) is 9.72 Å². The molecule has 37 heavy (non-hydrogen) atoms. The van der Waals surface area contributed by atoms with E-state index in [1.165, 1.54) is 0 Å². The molecule has 6 rings (SSSR count). The number of hydrogen-bond acceptors (Lipinski definition) is 5. The van der Waals surface area contributed by atoms with E-state index in [1.54, 1.807) is 17.4 Å². The standard InChI is InChI=1S/C30H29N3O3S/c34-29(26-27(21-10-2-1-3-11-21)37-28(32-26)22-16-17-22)33-18-7-6-13-23(33)19-31-30(35)36-25-15-8-12-20-9-4-5-14-24(20)25/h1-5,8-12,14-15,22-23H,6-7,13,16-19H2,(H,31,35)/t23-/m0/s1. The van der Waals surface area contributed by atoms with Gasteiger partial charge in [0.15, 0.2) is 0 Å². The van der Waals surface area contributed by atoms with Crippen LogP contribution in [0.3, 0.4) is 0 Å². The molecule has 1 saturated heterocycles. The first-order valence-electron chi connectivity index (χ1n) is 13.0. The summed E-state index contributed by atoms with van der Waals surface area (Å²) in [4.78, 5) is 34.3. The van der Waals surface area contributed by atoms with E-state index in [0.717, 1.165) is 58.3 Å². The van der Waals surface area contributed by atoms with Gasteiger partial charge < -0.3 is 15.0 Å². The van der Waals surface area contributed by atoms with E-state index < -0.39 is 6.09 Å². The number of carbonyl (C=O) groups is 2. The van der Waals surface area contributed by atoms with Gasteiger partial charge in [0.2, 0.25) is 0 Å². The predicted molar refractivity (Wildman–Crippen MR) is 146 cm³/mol. The van der Waals surface area contributed by atoms with Gasteiger partial charge in [-0.3, -0.25) is 4.79 Å². The first-order chi connectivity index (χ1) is 18.2. The molecule has 2 aliphatic rings. The summed E-state index contributed by atoms with van der Waals surface area (Å²) in [6.45, 7) is 1.00. The number of piperidine rings is 1. The van der Waals surface area contributed by atoms with Crippen molar-refractivity contribution in [3.63, 3.8) is 0 Å². The number of aromatic nitrogens is 1. The van der Waals surface area contributed by atoms with Crippen LogP contribution in [0, 0.1) is 0 Å². The summed E-state index contributed by atoms with van der Waals surface area (Å²) in [6.07, 6.45) is 4.58. The molecule has 0 spiro atoms. The summed E-state index contributed by atoms with van der Waals surface area (Å²) in [6, 6.07) is 23.4. The van der Waals surface area contributed by atoms with E-state index in [-0.39, 0.29) is 11.9 Å². The molecule has 6 nitrogen and oxygen atoms in total. The van der Waals surface area contributed by atoms with Crippen molar-refractivity contribution in [2.75, 3.05) is 13.1 Å². The van der Waals surface area contributed by atoms with E-state index in [1.807, 2.05) is 71.6 Å². The van der Waals surface area contributed by atoms with Crippen LogP contribution < -0.4 is 10.1 Å². The highest BCUT2D eigenvalue weighted by atomic mass is 32.1. The van der Waals surface area contributed by atoms with E-state index in [2.05, 4.69) is 5.32 Å². The minimum Gasteiger partial charge on any atom is -0.410 e. The Bertz CT molecular complexity index is 1430. The van der Waals surface area contributed by atoms with Crippen LogP contribution >= 0.6 is 11.3 Å². The average molecular weight is 512 g/mol. The van der Waals surface area contributed by atoms with Gasteiger partial charge in [-0.05, 0) is 49.1 Å². The van der Waals surface area contributed by atoms with Crippen molar-refractivity contribution in [2.45, 2.75) is 44.1 Å². The maximum atomic E-state index is 13.9. The highest BCUT2D eigenvalue weighted by Gasteiger charge is 2.34. The van der Waals surface area contributed by atoms with Crippen molar-refractivity contribution in [1.82, 2.24) is 15.2 Å². The summed E-state index contributed by atoms with van der Waals surface area (Å²) in [5, 5.41) is 5.87. The summed E-state index contributed by atoms with van der Waals surface area (Å²) < 4.78 is 5.65.